The van der Waals surface area contributed by atoms with Crippen molar-refractivity contribution in [3.8, 4) is 5.75 Å². The SMILES string of the molecule is CCCCOc1c(C)nc(NC(=O)Nc2ccccc2)c(C)c1C. The number of carbonyl (C=O) groups is 1. The summed E-state index contributed by atoms with van der Waals surface area (Å²) in [6.07, 6.45) is 2.10. The Kier molecular flexibility index (Phi) is 6.18. The number of aryl methyl sites for hydroxylation is 1. The van der Waals surface area contributed by atoms with Crippen LogP contribution in [-0.4, -0.2) is 17.6 Å². The van der Waals surface area contributed by atoms with E-state index < -0.39 is 0 Å². The molecule has 2 N–H and O–H groups in total. The van der Waals surface area contributed by atoms with E-state index in [1.165, 1.54) is 0 Å². The molecule has 0 saturated carbocycles. The number of benzene rings is 1. The van der Waals surface area contributed by atoms with Gasteiger partial charge in [-0.15, -0.1) is 0 Å². The summed E-state index contributed by atoms with van der Waals surface area (Å²) < 4.78 is 5.85. The maximum Gasteiger partial charge on any atom is 0.324 e. The number of nitrogens with zero attached hydrogens (tertiary/aromatic N) is 1. The number of hydrogen-bond acceptors (Lipinski definition) is 3. The summed E-state index contributed by atoms with van der Waals surface area (Å²) in [5, 5.41) is 5.61. The topological polar surface area (TPSA) is 63.2 Å². The molecule has 2 amide bonds. The van der Waals surface area contributed by atoms with Gasteiger partial charge >= 0.3 is 6.03 Å². The predicted octanol–water partition coefficient (Wildman–Crippen LogP) is 4.83. The Morgan fingerprint density at radius 1 is 1.08 bits per heavy atom. The molecule has 128 valence electrons. The summed E-state index contributed by atoms with van der Waals surface area (Å²) >= 11 is 0. The van der Waals surface area contributed by atoms with Crippen molar-refractivity contribution in [3.63, 3.8) is 0 Å². The first-order valence-corrected chi connectivity index (χ1v) is 8.26. The number of urea groups is 1. The van der Waals surface area contributed by atoms with Crippen LogP contribution in [0.25, 0.3) is 0 Å². The summed E-state index contributed by atoms with van der Waals surface area (Å²) in [7, 11) is 0. The average molecular weight is 327 g/mol. The first-order chi connectivity index (χ1) is 11.5. The maximum absolute atomic E-state index is 12.2. The number of aromatic nitrogens is 1. The molecule has 0 fully saturated rings. The second-order valence-electron chi connectivity index (χ2n) is 5.77. The van der Waals surface area contributed by atoms with Gasteiger partial charge in [0.1, 0.15) is 11.6 Å². The van der Waals surface area contributed by atoms with Crippen LogP contribution in [0.1, 0.15) is 36.6 Å². The van der Waals surface area contributed by atoms with Crippen molar-refractivity contribution in [1.82, 2.24) is 4.98 Å². The number of nitrogens with one attached hydrogen (secondary N) is 2. The zero-order valence-electron chi connectivity index (χ0n) is 14.8. The Bertz CT molecular complexity index is 700. The molecule has 1 aromatic carbocycles. The molecular formula is C19H25N3O2. The quantitative estimate of drug-likeness (QED) is 0.747. The molecule has 24 heavy (non-hydrogen) atoms. The van der Waals surface area contributed by atoms with Crippen LogP contribution in [0.15, 0.2) is 30.3 Å². The largest absolute Gasteiger partial charge is 0.491 e. The fourth-order valence-corrected chi connectivity index (χ4v) is 2.37. The number of amides is 2. The molecule has 0 spiro atoms. The lowest BCUT2D eigenvalue weighted by Gasteiger charge is -2.17. The van der Waals surface area contributed by atoms with Gasteiger partial charge in [-0.2, -0.15) is 0 Å². The van der Waals surface area contributed by atoms with Crippen LogP contribution in [0.5, 0.6) is 5.75 Å². The Morgan fingerprint density at radius 3 is 2.46 bits per heavy atom. The third kappa shape index (κ3) is 4.47. The van der Waals surface area contributed by atoms with Crippen LogP contribution in [0.3, 0.4) is 0 Å². The van der Waals surface area contributed by atoms with Gasteiger partial charge < -0.3 is 10.1 Å². The van der Waals surface area contributed by atoms with Gasteiger partial charge in [-0.25, -0.2) is 9.78 Å². The fourth-order valence-electron chi connectivity index (χ4n) is 2.37. The zero-order valence-corrected chi connectivity index (χ0v) is 14.8. The lowest BCUT2D eigenvalue weighted by Crippen LogP contribution is -2.21. The lowest BCUT2D eigenvalue weighted by atomic mass is 10.1. The first-order valence-electron chi connectivity index (χ1n) is 8.26. The molecule has 1 aromatic heterocycles. The van der Waals surface area contributed by atoms with E-state index in [0.717, 1.165) is 41.1 Å². The number of para-hydroxylation sites is 1. The molecule has 2 aromatic rings. The molecule has 0 aliphatic rings. The third-order valence-electron chi connectivity index (χ3n) is 3.87. The van der Waals surface area contributed by atoms with Gasteiger partial charge in [0.2, 0.25) is 0 Å². The number of ether oxygens (including phenoxy) is 1. The van der Waals surface area contributed by atoms with E-state index in [1.54, 1.807) is 0 Å². The van der Waals surface area contributed by atoms with Gasteiger partial charge in [-0.3, -0.25) is 5.32 Å². The van der Waals surface area contributed by atoms with Gasteiger partial charge in [-0.1, -0.05) is 31.5 Å². The van der Waals surface area contributed by atoms with E-state index in [9.17, 15) is 4.79 Å². The van der Waals surface area contributed by atoms with Crippen LogP contribution < -0.4 is 15.4 Å². The molecule has 0 aliphatic carbocycles. The third-order valence-corrected chi connectivity index (χ3v) is 3.87. The van der Waals surface area contributed by atoms with E-state index in [4.69, 9.17) is 4.74 Å². The minimum Gasteiger partial charge on any atom is -0.491 e. The van der Waals surface area contributed by atoms with Crippen molar-refractivity contribution in [1.29, 1.82) is 0 Å². The molecule has 0 radical (unpaired) electrons. The van der Waals surface area contributed by atoms with E-state index in [2.05, 4.69) is 22.5 Å². The maximum atomic E-state index is 12.2. The summed E-state index contributed by atoms with van der Waals surface area (Å²) in [6.45, 7) is 8.64. The van der Waals surface area contributed by atoms with E-state index in [-0.39, 0.29) is 6.03 Å². The van der Waals surface area contributed by atoms with Crippen molar-refractivity contribution in [2.24, 2.45) is 0 Å². The molecule has 1 heterocycles. The zero-order chi connectivity index (χ0) is 17.5. The van der Waals surface area contributed by atoms with Crippen LogP contribution in [0.4, 0.5) is 16.3 Å². The van der Waals surface area contributed by atoms with Crippen molar-refractivity contribution < 1.29 is 9.53 Å². The van der Waals surface area contributed by atoms with Crippen LogP contribution >= 0.6 is 0 Å². The standard InChI is InChI=1S/C19H25N3O2/c1-5-6-12-24-17-13(2)14(3)18(20-15(17)4)22-19(23)21-16-10-8-7-9-11-16/h7-11H,5-6,12H2,1-4H3,(H2,20,21,22,23). The number of unbranched alkanes of at least 4 members (excludes halogenated alkanes) is 1. The number of pyridine rings is 1. The highest BCUT2D eigenvalue weighted by Gasteiger charge is 2.15. The monoisotopic (exact) mass is 327 g/mol. The summed E-state index contributed by atoms with van der Waals surface area (Å²) in [5.74, 6) is 1.37. The number of anilines is 2. The number of hydrogen-bond donors (Lipinski definition) is 2. The first kappa shape index (κ1) is 17.8. The highest BCUT2D eigenvalue weighted by Crippen LogP contribution is 2.29. The molecule has 0 bridgehead atoms. The van der Waals surface area contributed by atoms with Crippen LogP contribution in [0, 0.1) is 20.8 Å². The number of carbonyl (C=O) groups excluding carboxylic acids is 1. The smallest absolute Gasteiger partial charge is 0.324 e. The molecule has 0 atom stereocenters. The molecule has 0 unspecified atom stereocenters. The number of rotatable bonds is 6. The van der Waals surface area contributed by atoms with E-state index >= 15 is 0 Å². The predicted molar refractivity (Wildman–Crippen MR) is 97.9 cm³/mol. The Hall–Kier alpha value is -2.56. The Labute approximate surface area is 143 Å². The van der Waals surface area contributed by atoms with Gasteiger partial charge in [0.15, 0.2) is 0 Å². The van der Waals surface area contributed by atoms with Crippen LogP contribution in [-0.2, 0) is 0 Å². The normalized spacial score (nSPS) is 10.3. The van der Waals surface area contributed by atoms with E-state index in [0.29, 0.717) is 12.4 Å². The highest BCUT2D eigenvalue weighted by atomic mass is 16.5. The molecule has 5 heteroatoms. The van der Waals surface area contributed by atoms with Gasteiger partial charge in [0.05, 0.1) is 12.3 Å². The molecule has 2 rings (SSSR count). The van der Waals surface area contributed by atoms with E-state index in [1.807, 2.05) is 51.1 Å². The molecule has 0 saturated heterocycles. The Morgan fingerprint density at radius 2 is 1.79 bits per heavy atom. The van der Waals surface area contributed by atoms with Crippen molar-refractivity contribution in [2.45, 2.75) is 40.5 Å². The van der Waals surface area contributed by atoms with Crippen LogP contribution in [0.2, 0.25) is 0 Å². The second-order valence-corrected chi connectivity index (χ2v) is 5.77. The average Bonchev–Trinajstić information content (AvgIpc) is 2.56. The van der Waals surface area contributed by atoms with Gasteiger partial charge in [0, 0.05) is 5.69 Å². The lowest BCUT2D eigenvalue weighted by molar-refractivity contribution is 0.262. The second kappa shape index (κ2) is 8.34. The molecule has 0 aliphatic heterocycles. The minimum absolute atomic E-state index is 0.310. The van der Waals surface area contributed by atoms with Crippen molar-refractivity contribution in [3.05, 3.63) is 47.2 Å². The van der Waals surface area contributed by atoms with Crippen molar-refractivity contribution >= 4 is 17.5 Å². The minimum atomic E-state index is -0.310. The summed E-state index contributed by atoms with van der Waals surface area (Å²) in [4.78, 5) is 16.7. The fraction of sp³-hybridized carbons (Fsp3) is 0.368. The molecule has 5 nitrogen and oxygen atoms in total. The van der Waals surface area contributed by atoms with Gasteiger partial charge in [0.25, 0.3) is 0 Å². The van der Waals surface area contributed by atoms with Gasteiger partial charge in [-0.05, 0) is 50.5 Å². The Balaban J connectivity index is 2.11. The van der Waals surface area contributed by atoms with Crippen molar-refractivity contribution in [2.75, 3.05) is 17.2 Å². The summed E-state index contributed by atoms with van der Waals surface area (Å²) in [6, 6.07) is 9.00. The summed E-state index contributed by atoms with van der Waals surface area (Å²) in [5.41, 5.74) is 3.44. The molecular weight excluding hydrogens is 302 g/mol. The highest BCUT2D eigenvalue weighted by molar-refractivity contribution is 5.99.